The van der Waals surface area contributed by atoms with E-state index in [0.29, 0.717) is 28.3 Å². The van der Waals surface area contributed by atoms with Gasteiger partial charge in [-0.2, -0.15) is 0 Å². The number of benzene rings is 2. The second kappa shape index (κ2) is 7.60. The van der Waals surface area contributed by atoms with E-state index in [-0.39, 0.29) is 22.6 Å². The molecule has 2 aliphatic rings. The number of rotatable bonds is 3. The molecule has 1 amide bonds. The summed E-state index contributed by atoms with van der Waals surface area (Å²) in [6.07, 6.45) is 0.429. The third kappa shape index (κ3) is 3.18. The number of ether oxygens (including phenoxy) is 2. The van der Waals surface area contributed by atoms with Crippen molar-refractivity contribution in [2.24, 2.45) is 0 Å². The van der Waals surface area contributed by atoms with Crippen molar-refractivity contribution in [3.8, 4) is 11.5 Å². The van der Waals surface area contributed by atoms with Crippen molar-refractivity contribution < 1.29 is 23.1 Å². The molecule has 164 valence electrons. The van der Waals surface area contributed by atoms with E-state index >= 15 is 0 Å². The minimum Gasteiger partial charge on any atom is -0.493 e. The van der Waals surface area contributed by atoms with Gasteiger partial charge in [-0.1, -0.05) is 12.1 Å². The summed E-state index contributed by atoms with van der Waals surface area (Å²) in [6, 6.07) is 14.3. The van der Waals surface area contributed by atoms with Crippen molar-refractivity contribution in [1.29, 1.82) is 0 Å². The molecule has 2 aromatic carbocycles. The zero-order chi connectivity index (χ0) is 22.6. The van der Waals surface area contributed by atoms with E-state index in [4.69, 9.17) is 26.1 Å². The first kappa shape index (κ1) is 21.0. The summed E-state index contributed by atoms with van der Waals surface area (Å²) in [5.74, 6) is 0.498. The van der Waals surface area contributed by atoms with E-state index in [0.717, 1.165) is 5.56 Å². The molecule has 0 N–H and O–H groups in total. The maximum atomic E-state index is 13.6. The normalized spacial score (nSPS) is 21.8. The minimum absolute atomic E-state index is 0.151. The maximum absolute atomic E-state index is 13.6. The molecule has 32 heavy (non-hydrogen) atoms. The number of amides is 1. The van der Waals surface area contributed by atoms with Crippen molar-refractivity contribution in [3.05, 3.63) is 76.4 Å². The smallest absolute Gasteiger partial charge is 0.296 e. The lowest BCUT2D eigenvalue weighted by molar-refractivity contribution is 0.0152. The number of para-hydroxylation sites is 1. The average molecular weight is 517 g/mol. The van der Waals surface area contributed by atoms with Crippen LogP contribution in [-0.2, 0) is 0 Å². The Hall–Kier alpha value is -2.91. The molecule has 0 radical (unpaired) electrons. The molecule has 0 spiro atoms. The molecule has 2 unspecified atom stereocenters. The molecule has 1 saturated heterocycles. The molecule has 1 fully saturated rings. The highest BCUT2D eigenvalue weighted by atomic mass is 79.9. The zero-order valence-electron chi connectivity index (χ0n) is 17.2. The number of thiocarbonyl (C=S) groups is 1. The first-order valence-electron chi connectivity index (χ1n) is 9.87. The SMILES string of the molecule is COc1cccc2c1OC1(C)CC2N(C(=O)c2ccc(Br)o2)C(=S)N1c1ccc(F)cc1. The molecule has 3 aromatic rings. The quantitative estimate of drug-likeness (QED) is 0.417. The van der Waals surface area contributed by atoms with Crippen LogP contribution in [0.25, 0.3) is 0 Å². The Balaban J connectivity index is 1.70. The number of carbonyl (C=O) groups is 1. The van der Waals surface area contributed by atoms with Crippen molar-refractivity contribution in [3.63, 3.8) is 0 Å². The van der Waals surface area contributed by atoms with Gasteiger partial charge in [-0.05, 0) is 77.5 Å². The van der Waals surface area contributed by atoms with Gasteiger partial charge in [0, 0.05) is 17.7 Å². The molecule has 2 bridgehead atoms. The molecule has 6 nitrogen and oxygen atoms in total. The van der Waals surface area contributed by atoms with Gasteiger partial charge in [0.15, 0.2) is 32.8 Å². The molecular formula is C23H18BrFN2O4S. The molecule has 5 rings (SSSR count). The van der Waals surface area contributed by atoms with Gasteiger partial charge in [0.25, 0.3) is 5.91 Å². The highest BCUT2D eigenvalue weighted by molar-refractivity contribution is 9.10. The average Bonchev–Trinajstić information content (AvgIpc) is 3.20. The molecule has 2 aliphatic heterocycles. The Morgan fingerprint density at radius 3 is 2.62 bits per heavy atom. The van der Waals surface area contributed by atoms with Crippen LogP contribution in [0.5, 0.6) is 11.5 Å². The Morgan fingerprint density at radius 1 is 1.22 bits per heavy atom. The molecule has 2 atom stereocenters. The van der Waals surface area contributed by atoms with Gasteiger partial charge < -0.3 is 13.9 Å². The van der Waals surface area contributed by atoms with Crippen LogP contribution in [0.2, 0.25) is 0 Å². The first-order chi connectivity index (χ1) is 15.3. The van der Waals surface area contributed by atoms with Crippen LogP contribution >= 0.6 is 28.1 Å². The fourth-order valence-corrected chi connectivity index (χ4v) is 5.17. The summed E-state index contributed by atoms with van der Waals surface area (Å²) in [5.41, 5.74) is 0.470. The fraction of sp³-hybridized carbons (Fsp3) is 0.217. The van der Waals surface area contributed by atoms with E-state index in [2.05, 4.69) is 15.9 Å². The van der Waals surface area contributed by atoms with Crippen LogP contribution in [0.3, 0.4) is 0 Å². The lowest BCUT2D eigenvalue weighted by Gasteiger charge is -2.55. The molecule has 0 saturated carbocycles. The van der Waals surface area contributed by atoms with E-state index in [1.54, 1.807) is 42.3 Å². The van der Waals surface area contributed by atoms with E-state index in [1.165, 1.54) is 17.0 Å². The van der Waals surface area contributed by atoms with E-state index in [1.807, 2.05) is 19.1 Å². The number of furan rings is 1. The zero-order valence-corrected chi connectivity index (χ0v) is 19.6. The maximum Gasteiger partial charge on any atom is 0.296 e. The van der Waals surface area contributed by atoms with Gasteiger partial charge in [-0.3, -0.25) is 14.6 Å². The summed E-state index contributed by atoms with van der Waals surface area (Å²) in [5, 5.41) is 0.237. The van der Waals surface area contributed by atoms with Gasteiger partial charge in [-0.25, -0.2) is 4.39 Å². The van der Waals surface area contributed by atoms with Gasteiger partial charge in [0.05, 0.1) is 13.2 Å². The summed E-state index contributed by atoms with van der Waals surface area (Å²) in [4.78, 5) is 16.9. The number of fused-ring (bicyclic) bond motifs is 4. The lowest BCUT2D eigenvalue weighted by atomic mass is 9.88. The highest BCUT2D eigenvalue weighted by Crippen LogP contribution is 2.52. The summed E-state index contributed by atoms with van der Waals surface area (Å²) >= 11 is 9.08. The molecular weight excluding hydrogens is 499 g/mol. The van der Waals surface area contributed by atoms with Crippen molar-refractivity contribution in [2.75, 3.05) is 12.0 Å². The minimum atomic E-state index is -0.929. The van der Waals surface area contributed by atoms with Gasteiger partial charge in [-0.15, -0.1) is 0 Å². The number of carbonyl (C=O) groups excluding carboxylic acids is 1. The van der Waals surface area contributed by atoms with Crippen LogP contribution < -0.4 is 14.4 Å². The molecule has 3 heterocycles. The van der Waals surface area contributed by atoms with Gasteiger partial charge in [0.1, 0.15) is 5.82 Å². The lowest BCUT2D eigenvalue weighted by Crippen LogP contribution is -2.67. The monoisotopic (exact) mass is 516 g/mol. The Morgan fingerprint density at radius 2 is 1.97 bits per heavy atom. The second-order valence-electron chi connectivity index (χ2n) is 7.75. The van der Waals surface area contributed by atoms with Crippen molar-refractivity contribution in [1.82, 2.24) is 4.90 Å². The number of hydrogen-bond donors (Lipinski definition) is 0. The van der Waals surface area contributed by atoms with Crippen molar-refractivity contribution in [2.45, 2.75) is 25.1 Å². The summed E-state index contributed by atoms with van der Waals surface area (Å²) in [6.45, 7) is 1.90. The third-order valence-corrected chi connectivity index (χ3v) is 6.56. The number of anilines is 1. The predicted molar refractivity (Wildman–Crippen MR) is 123 cm³/mol. The van der Waals surface area contributed by atoms with Crippen LogP contribution in [0.1, 0.15) is 35.5 Å². The molecule has 1 aromatic heterocycles. The van der Waals surface area contributed by atoms with Gasteiger partial charge >= 0.3 is 0 Å². The molecule has 0 aliphatic carbocycles. The van der Waals surface area contributed by atoms with E-state index in [9.17, 15) is 9.18 Å². The van der Waals surface area contributed by atoms with Crippen LogP contribution in [-0.4, -0.2) is 28.8 Å². The van der Waals surface area contributed by atoms with E-state index < -0.39 is 11.8 Å². The van der Waals surface area contributed by atoms with Crippen molar-refractivity contribution >= 4 is 44.9 Å². The Kier molecular flexibility index (Phi) is 4.98. The predicted octanol–water partition coefficient (Wildman–Crippen LogP) is 5.68. The standard InChI is InChI=1S/C23H18BrFN2O4S/c1-23-12-16(15-4-3-5-17(29-2)20(15)31-23)26(21(28)18-10-11-19(24)30-18)22(32)27(23)14-8-6-13(25)7-9-14/h3-11,16H,12H2,1-2H3. The highest BCUT2D eigenvalue weighted by Gasteiger charge is 2.54. The largest absolute Gasteiger partial charge is 0.493 e. The second-order valence-corrected chi connectivity index (χ2v) is 8.90. The Bertz CT molecular complexity index is 1230. The number of halogens is 2. The topological polar surface area (TPSA) is 55.2 Å². The summed E-state index contributed by atoms with van der Waals surface area (Å²) < 4.78 is 31.6. The first-order valence-corrected chi connectivity index (χ1v) is 11.1. The number of methoxy groups -OCH3 is 1. The molecule has 9 heteroatoms. The number of nitrogens with zero attached hydrogens (tertiary/aromatic N) is 2. The Labute approximate surface area is 197 Å². The van der Waals surface area contributed by atoms with Crippen LogP contribution in [0, 0.1) is 5.82 Å². The van der Waals surface area contributed by atoms with Gasteiger partial charge in [0.2, 0.25) is 0 Å². The summed E-state index contributed by atoms with van der Waals surface area (Å²) in [7, 11) is 1.57. The van der Waals surface area contributed by atoms with Crippen LogP contribution in [0.15, 0.2) is 63.7 Å². The van der Waals surface area contributed by atoms with Crippen LogP contribution in [0.4, 0.5) is 10.1 Å². The number of hydrogen-bond acceptors (Lipinski definition) is 5. The third-order valence-electron chi connectivity index (χ3n) is 5.75. The fourth-order valence-electron chi connectivity index (χ4n) is 4.36.